The van der Waals surface area contributed by atoms with E-state index in [9.17, 15) is 0 Å². The number of rotatable bonds is 8. The molecule has 1 saturated carbocycles. The van der Waals surface area contributed by atoms with Gasteiger partial charge in [0.25, 0.3) is 0 Å². The van der Waals surface area contributed by atoms with Gasteiger partial charge in [0, 0.05) is 48.4 Å². The Bertz CT molecular complexity index is 867. The molecule has 1 saturated heterocycles. The van der Waals surface area contributed by atoms with Crippen LogP contribution in [-0.4, -0.2) is 51.2 Å². The Balaban J connectivity index is 0.00000289. The highest BCUT2D eigenvalue weighted by atomic mass is 127. The normalized spacial score (nSPS) is 18.9. The Hall–Kier alpha value is -1.45. The van der Waals surface area contributed by atoms with Crippen LogP contribution >= 0.6 is 35.7 Å². The molecule has 2 fully saturated rings. The van der Waals surface area contributed by atoms with Crippen molar-refractivity contribution in [3.8, 4) is 5.75 Å². The van der Waals surface area contributed by atoms with E-state index < -0.39 is 0 Å². The summed E-state index contributed by atoms with van der Waals surface area (Å²) in [6.45, 7) is 3.33. The first-order valence-corrected chi connectivity index (χ1v) is 11.9. The fraction of sp³-hybridized carbons (Fsp3) is 0.480. The van der Waals surface area contributed by atoms with Crippen LogP contribution in [0.2, 0.25) is 0 Å². The predicted molar refractivity (Wildman–Crippen MR) is 144 cm³/mol. The van der Waals surface area contributed by atoms with E-state index in [2.05, 4.69) is 70.2 Å². The quantitative estimate of drug-likeness (QED) is 0.272. The van der Waals surface area contributed by atoms with Crippen molar-refractivity contribution in [3.05, 3.63) is 60.2 Å². The van der Waals surface area contributed by atoms with Crippen molar-refractivity contribution in [2.24, 2.45) is 4.99 Å². The summed E-state index contributed by atoms with van der Waals surface area (Å²) in [7, 11) is 3.56. The SMILES string of the molecule is CN=C(NCC1(Sc2ccccc2)CC1)NCC1(c2ccc(OC)cc2)CCOCC1.I. The molecule has 0 amide bonds. The first-order valence-electron chi connectivity index (χ1n) is 11.1. The van der Waals surface area contributed by atoms with Crippen molar-refractivity contribution in [2.75, 3.05) is 40.5 Å². The van der Waals surface area contributed by atoms with E-state index in [1.165, 1.54) is 23.3 Å². The van der Waals surface area contributed by atoms with Crippen molar-refractivity contribution in [1.82, 2.24) is 10.6 Å². The average Bonchev–Trinajstić information content (AvgIpc) is 3.60. The second-order valence-electron chi connectivity index (χ2n) is 8.50. The molecule has 7 heteroatoms. The Labute approximate surface area is 213 Å². The third kappa shape index (κ3) is 6.32. The minimum Gasteiger partial charge on any atom is -0.497 e. The van der Waals surface area contributed by atoms with E-state index in [0.29, 0.717) is 0 Å². The molecule has 0 bridgehead atoms. The number of nitrogens with one attached hydrogen (secondary N) is 2. The third-order valence-electron chi connectivity index (χ3n) is 6.43. The monoisotopic (exact) mass is 567 g/mol. The summed E-state index contributed by atoms with van der Waals surface area (Å²) in [6, 6.07) is 19.2. The van der Waals surface area contributed by atoms with Crippen LogP contribution in [0.5, 0.6) is 5.75 Å². The number of hydrogen-bond acceptors (Lipinski definition) is 4. The first-order chi connectivity index (χ1) is 15.2. The Morgan fingerprint density at radius 3 is 2.22 bits per heavy atom. The number of hydrogen-bond donors (Lipinski definition) is 2. The maximum Gasteiger partial charge on any atom is 0.191 e. The highest BCUT2D eigenvalue weighted by Gasteiger charge is 2.44. The molecule has 174 valence electrons. The van der Waals surface area contributed by atoms with Crippen LogP contribution < -0.4 is 15.4 Å². The molecular weight excluding hydrogens is 533 g/mol. The third-order valence-corrected chi connectivity index (χ3v) is 7.93. The Kier molecular flexibility index (Phi) is 9.13. The zero-order valence-corrected chi connectivity index (χ0v) is 22.1. The number of nitrogens with zero attached hydrogens (tertiary/aromatic N) is 1. The molecule has 0 spiro atoms. The fourth-order valence-corrected chi connectivity index (χ4v) is 5.43. The zero-order chi connectivity index (χ0) is 21.6. The molecule has 1 aliphatic heterocycles. The summed E-state index contributed by atoms with van der Waals surface area (Å²) in [5, 5.41) is 7.20. The fourth-order valence-electron chi connectivity index (χ4n) is 4.19. The number of benzene rings is 2. The molecule has 1 heterocycles. The zero-order valence-electron chi connectivity index (χ0n) is 18.9. The van der Waals surface area contributed by atoms with Crippen molar-refractivity contribution in [3.63, 3.8) is 0 Å². The summed E-state index contributed by atoms with van der Waals surface area (Å²) >= 11 is 1.98. The predicted octanol–water partition coefficient (Wildman–Crippen LogP) is 4.85. The van der Waals surface area contributed by atoms with Gasteiger partial charge in [-0.2, -0.15) is 0 Å². The Morgan fingerprint density at radius 1 is 0.969 bits per heavy atom. The van der Waals surface area contributed by atoms with Crippen LogP contribution in [0.1, 0.15) is 31.2 Å². The number of thioether (sulfide) groups is 1. The van der Waals surface area contributed by atoms with E-state index in [1.807, 2.05) is 18.8 Å². The van der Waals surface area contributed by atoms with Gasteiger partial charge in [-0.05, 0) is 55.5 Å². The second-order valence-corrected chi connectivity index (χ2v) is 10.0. The summed E-state index contributed by atoms with van der Waals surface area (Å²) in [4.78, 5) is 5.83. The smallest absolute Gasteiger partial charge is 0.191 e. The van der Waals surface area contributed by atoms with E-state index in [4.69, 9.17) is 9.47 Å². The number of methoxy groups -OCH3 is 1. The molecule has 1 aliphatic carbocycles. The topological polar surface area (TPSA) is 54.9 Å². The van der Waals surface area contributed by atoms with Crippen LogP contribution in [0, 0.1) is 0 Å². The van der Waals surface area contributed by atoms with Crippen molar-refractivity contribution in [1.29, 1.82) is 0 Å². The molecular formula is C25H34IN3O2S. The number of halogens is 1. The van der Waals surface area contributed by atoms with Gasteiger partial charge in [-0.1, -0.05) is 30.3 Å². The standard InChI is InChI=1S/C25H33N3O2S.HI/c1-26-23(28-19-25(12-13-25)31-22-6-4-3-5-7-22)27-18-24(14-16-30-17-15-24)20-8-10-21(29-2)11-9-20;/h3-11H,12-19H2,1-2H3,(H2,26,27,28);1H. The minimum absolute atomic E-state index is 0. The Morgan fingerprint density at radius 2 is 1.62 bits per heavy atom. The van der Waals surface area contributed by atoms with E-state index >= 15 is 0 Å². The summed E-state index contributed by atoms with van der Waals surface area (Å²) in [6.07, 6.45) is 4.47. The molecule has 0 radical (unpaired) electrons. The molecule has 2 aliphatic rings. The van der Waals surface area contributed by atoms with Crippen LogP contribution in [-0.2, 0) is 10.2 Å². The van der Waals surface area contributed by atoms with E-state index in [0.717, 1.165) is 50.9 Å². The molecule has 2 aromatic rings. The maximum absolute atomic E-state index is 5.68. The van der Waals surface area contributed by atoms with Gasteiger partial charge in [-0.3, -0.25) is 4.99 Å². The molecule has 0 unspecified atom stereocenters. The molecule has 2 N–H and O–H groups in total. The van der Waals surface area contributed by atoms with Gasteiger partial charge in [0.15, 0.2) is 5.96 Å². The lowest BCUT2D eigenvalue weighted by molar-refractivity contribution is 0.0513. The average molecular weight is 568 g/mol. The summed E-state index contributed by atoms with van der Waals surface area (Å²) in [5.41, 5.74) is 1.37. The number of aliphatic imine (C=N–C) groups is 1. The lowest BCUT2D eigenvalue weighted by Gasteiger charge is -2.38. The largest absolute Gasteiger partial charge is 0.497 e. The van der Waals surface area contributed by atoms with Crippen LogP contribution in [0.3, 0.4) is 0 Å². The number of ether oxygens (including phenoxy) is 2. The van der Waals surface area contributed by atoms with E-state index in [1.54, 1.807) is 7.11 Å². The molecule has 0 aromatic heterocycles. The highest BCUT2D eigenvalue weighted by Crippen LogP contribution is 2.51. The molecule has 4 rings (SSSR count). The van der Waals surface area contributed by atoms with Gasteiger partial charge >= 0.3 is 0 Å². The van der Waals surface area contributed by atoms with E-state index in [-0.39, 0.29) is 34.1 Å². The van der Waals surface area contributed by atoms with Gasteiger partial charge in [-0.25, -0.2) is 0 Å². The molecule has 2 aromatic carbocycles. The summed E-state index contributed by atoms with van der Waals surface area (Å²) < 4.78 is 11.3. The van der Waals surface area contributed by atoms with Crippen molar-refractivity contribution in [2.45, 2.75) is 40.7 Å². The minimum atomic E-state index is 0. The molecule has 5 nitrogen and oxygen atoms in total. The van der Waals surface area contributed by atoms with Gasteiger partial charge in [-0.15, -0.1) is 35.7 Å². The van der Waals surface area contributed by atoms with Gasteiger partial charge in [0.1, 0.15) is 5.75 Å². The van der Waals surface area contributed by atoms with Gasteiger partial charge in [0.05, 0.1) is 7.11 Å². The first kappa shape index (κ1) is 25.2. The lowest BCUT2D eigenvalue weighted by atomic mass is 9.74. The van der Waals surface area contributed by atoms with Crippen LogP contribution in [0.25, 0.3) is 0 Å². The van der Waals surface area contributed by atoms with Crippen LogP contribution in [0.15, 0.2) is 64.5 Å². The number of guanidine groups is 1. The summed E-state index contributed by atoms with van der Waals surface area (Å²) in [5.74, 6) is 1.77. The second kappa shape index (κ2) is 11.6. The van der Waals surface area contributed by atoms with Crippen LogP contribution in [0.4, 0.5) is 0 Å². The van der Waals surface area contributed by atoms with Gasteiger partial charge in [0.2, 0.25) is 0 Å². The lowest BCUT2D eigenvalue weighted by Crippen LogP contribution is -2.49. The van der Waals surface area contributed by atoms with Crippen molar-refractivity contribution < 1.29 is 9.47 Å². The molecule has 32 heavy (non-hydrogen) atoms. The highest BCUT2D eigenvalue weighted by molar-refractivity contribution is 14.0. The maximum atomic E-state index is 5.68. The van der Waals surface area contributed by atoms with Gasteiger partial charge < -0.3 is 20.1 Å². The van der Waals surface area contributed by atoms with Crippen molar-refractivity contribution >= 4 is 41.7 Å². The molecule has 0 atom stereocenters.